The van der Waals surface area contributed by atoms with Crippen molar-refractivity contribution in [3.8, 4) is 0 Å². The van der Waals surface area contributed by atoms with Gasteiger partial charge in [0, 0.05) is 17.8 Å². The molecule has 0 aliphatic heterocycles. The number of nitrogens with two attached hydrogens (primary N) is 1. The number of nitrogens with zero attached hydrogens (tertiary/aromatic N) is 1. The second-order valence-corrected chi connectivity index (χ2v) is 4.56. The number of hydrogen-bond donors (Lipinski definition) is 3. The van der Waals surface area contributed by atoms with Crippen molar-refractivity contribution in [2.75, 3.05) is 5.32 Å². The number of amides is 1. The van der Waals surface area contributed by atoms with E-state index in [0.29, 0.717) is 6.42 Å². The number of carbonyl (C=O) groups excluding carboxylic acids is 1. The van der Waals surface area contributed by atoms with E-state index >= 15 is 0 Å². The molecule has 2 aromatic rings. The van der Waals surface area contributed by atoms with Crippen LogP contribution in [0.4, 0.5) is 5.69 Å². The van der Waals surface area contributed by atoms with Crippen LogP contribution >= 0.6 is 0 Å². The maximum Gasteiger partial charge on any atom is 0.224 e. The third-order valence-electron chi connectivity index (χ3n) is 2.81. The predicted octanol–water partition coefficient (Wildman–Crippen LogP) is 2.02. The van der Waals surface area contributed by atoms with Gasteiger partial charge >= 0.3 is 0 Å². The lowest BCUT2D eigenvalue weighted by molar-refractivity contribution is -0.116. The Hall–Kier alpha value is -1.88. The zero-order valence-corrected chi connectivity index (χ0v) is 10.4. The van der Waals surface area contributed by atoms with Crippen LogP contribution in [-0.4, -0.2) is 22.1 Å². The Labute approximate surface area is 106 Å². The third-order valence-corrected chi connectivity index (χ3v) is 2.81. The summed E-state index contributed by atoms with van der Waals surface area (Å²) in [7, 11) is 0. The number of nitrogens with one attached hydrogen (secondary N) is 2. The Morgan fingerprint density at radius 1 is 1.56 bits per heavy atom. The minimum absolute atomic E-state index is 0.0118. The number of rotatable bonds is 5. The van der Waals surface area contributed by atoms with Gasteiger partial charge in [-0.05, 0) is 25.8 Å². The number of aromatic amines is 1. The fourth-order valence-corrected chi connectivity index (χ4v) is 1.87. The molecule has 96 valence electrons. The average Bonchev–Trinajstić information content (AvgIpc) is 2.77. The Kier molecular flexibility index (Phi) is 3.94. The molecular weight excluding hydrogens is 228 g/mol. The number of benzene rings is 1. The van der Waals surface area contributed by atoms with Crippen molar-refractivity contribution >= 4 is 22.5 Å². The molecule has 0 saturated carbocycles. The van der Waals surface area contributed by atoms with Crippen LogP contribution in [0.25, 0.3) is 10.9 Å². The van der Waals surface area contributed by atoms with Crippen molar-refractivity contribution in [2.45, 2.75) is 32.2 Å². The first-order chi connectivity index (χ1) is 8.66. The quantitative estimate of drug-likeness (QED) is 0.754. The summed E-state index contributed by atoms with van der Waals surface area (Å²) in [5.41, 5.74) is 7.28. The summed E-state index contributed by atoms with van der Waals surface area (Å²) >= 11 is 0. The molecule has 1 unspecified atom stereocenters. The summed E-state index contributed by atoms with van der Waals surface area (Å²) in [5, 5.41) is 10.7. The van der Waals surface area contributed by atoms with Crippen LogP contribution in [0.15, 0.2) is 24.4 Å². The molecule has 1 heterocycles. The minimum atomic E-state index is 0.0118. The number of carbonyl (C=O) groups is 1. The Morgan fingerprint density at radius 3 is 3.17 bits per heavy atom. The highest BCUT2D eigenvalue weighted by Gasteiger charge is 2.07. The van der Waals surface area contributed by atoms with E-state index in [9.17, 15) is 4.79 Å². The Bertz CT molecular complexity index is 533. The highest BCUT2D eigenvalue weighted by molar-refractivity contribution is 6.00. The largest absolute Gasteiger partial charge is 0.328 e. The van der Waals surface area contributed by atoms with Gasteiger partial charge < -0.3 is 11.1 Å². The van der Waals surface area contributed by atoms with Crippen LogP contribution in [-0.2, 0) is 4.79 Å². The lowest BCUT2D eigenvalue weighted by Crippen LogP contribution is -2.16. The maximum atomic E-state index is 11.8. The summed E-state index contributed by atoms with van der Waals surface area (Å²) in [5.74, 6) is 0.0118. The first-order valence-electron chi connectivity index (χ1n) is 6.14. The van der Waals surface area contributed by atoms with Gasteiger partial charge in [0.2, 0.25) is 5.91 Å². The zero-order valence-electron chi connectivity index (χ0n) is 10.4. The smallest absolute Gasteiger partial charge is 0.224 e. The Morgan fingerprint density at radius 2 is 2.39 bits per heavy atom. The number of hydrogen-bond acceptors (Lipinski definition) is 3. The monoisotopic (exact) mass is 246 g/mol. The van der Waals surface area contributed by atoms with Crippen molar-refractivity contribution in [1.82, 2.24) is 10.2 Å². The highest BCUT2D eigenvalue weighted by Crippen LogP contribution is 2.20. The first kappa shape index (κ1) is 12.6. The summed E-state index contributed by atoms with van der Waals surface area (Å²) < 4.78 is 0. The summed E-state index contributed by atoms with van der Waals surface area (Å²) in [6.45, 7) is 1.95. The van der Waals surface area contributed by atoms with Gasteiger partial charge in [-0.1, -0.05) is 12.1 Å². The lowest BCUT2D eigenvalue weighted by atomic mass is 10.1. The fourth-order valence-electron chi connectivity index (χ4n) is 1.87. The van der Waals surface area contributed by atoms with Crippen molar-refractivity contribution in [2.24, 2.45) is 5.73 Å². The fraction of sp³-hybridized carbons (Fsp3) is 0.385. The third kappa shape index (κ3) is 3.07. The van der Waals surface area contributed by atoms with E-state index in [1.54, 1.807) is 6.20 Å². The number of H-pyrrole nitrogens is 1. The van der Waals surface area contributed by atoms with Crippen molar-refractivity contribution in [3.05, 3.63) is 24.4 Å². The average molecular weight is 246 g/mol. The molecule has 0 spiro atoms. The van der Waals surface area contributed by atoms with E-state index in [2.05, 4.69) is 15.5 Å². The molecule has 0 saturated heterocycles. The molecule has 5 nitrogen and oxygen atoms in total. The number of aromatic nitrogens is 2. The van der Waals surface area contributed by atoms with Gasteiger partial charge in [-0.15, -0.1) is 0 Å². The predicted molar refractivity (Wildman–Crippen MR) is 72.2 cm³/mol. The Balaban J connectivity index is 1.96. The van der Waals surface area contributed by atoms with Crippen molar-refractivity contribution in [1.29, 1.82) is 0 Å². The summed E-state index contributed by atoms with van der Waals surface area (Å²) in [4.78, 5) is 11.8. The molecule has 1 atom stereocenters. The van der Waals surface area contributed by atoms with Gasteiger partial charge in [-0.2, -0.15) is 5.10 Å². The second kappa shape index (κ2) is 5.64. The van der Waals surface area contributed by atoms with Crippen molar-refractivity contribution in [3.63, 3.8) is 0 Å². The van der Waals surface area contributed by atoms with Crippen LogP contribution in [0.2, 0.25) is 0 Å². The molecule has 1 aromatic carbocycles. The van der Waals surface area contributed by atoms with E-state index in [1.165, 1.54) is 0 Å². The summed E-state index contributed by atoms with van der Waals surface area (Å²) in [6.07, 6.45) is 3.90. The van der Waals surface area contributed by atoms with E-state index < -0.39 is 0 Å². The van der Waals surface area contributed by atoms with Crippen molar-refractivity contribution < 1.29 is 4.79 Å². The molecule has 1 aromatic heterocycles. The topological polar surface area (TPSA) is 83.8 Å². The van der Waals surface area contributed by atoms with E-state index in [0.717, 1.165) is 29.4 Å². The van der Waals surface area contributed by atoms with Gasteiger partial charge in [-0.25, -0.2) is 0 Å². The van der Waals surface area contributed by atoms with Crippen LogP contribution < -0.4 is 11.1 Å². The number of para-hydroxylation sites is 1. The van der Waals surface area contributed by atoms with E-state index in [1.807, 2.05) is 25.1 Å². The van der Waals surface area contributed by atoms with Gasteiger partial charge in [0.1, 0.15) is 0 Å². The minimum Gasteiger partial charge on any atom is -0.328 e. The summed E-state index contributed by atoms with van der Waals surface area (Å²) in [6, 6.07) is 5.86. The van der Waals surface area contributed by atoms with Gasteiger partial charge in [0.25, 0.3) is 0 Å². The standard InChI is InChI=1S/C13H18N4O/c1-9(14)4-2-7-12(18)16-11-6-3-5-10-8-15-17-13(10)11/h3,5-6,8-9H,2,4,7,14H2,1H3,(H,15,17)(H,16,18). The van der Waals surface area contributed by atoms with Crippen LogP contribution in [0.1, 0.15) is 26.2 Å². The zero-order chi connectivity index (χ0) is 13.0. The highest BCUT2D eigenvalue weighted by atomic mass is 16.1. The molecule has 2 rings (SSSR count). The molecule has 0 aliphatic carbocycles. The molecule has 0 aliphatic rings. The molecule has 18 heavy (non-hydrogen) atoms. The number of fused-ring (bicyclic) bond motifs is 1. The molecule has 4 N–H and O–H groups in total. The number of anilines is 1. The normalized spacial score (nSPS) is 12.6. The van der Waals surface area contributed by atoms with E-state index in [-0.39, 0.29) is 11.9 Å². The second-order valence-electron chi connectivity index (χ2n) is 4.56. The van der Waals surface area contributed by atoms with Crippen LogP contribution in [0.3, 0.4) is 0 Å². The molecule has 0 radical (unpaired) electrons. The van der Waals surface area contributed by atoms with E-state index in [4.69, 9.17) is 5.73 Å². The molecule has 0 fully saturated rings. The van der Waals surface area contributed by atoms with Crippen LogP contribution in [0.5, 0.6) is 0 Å². The molecule has 1 amide bonds. The maximum absolute atomic E-state index is 11.8. The van der Waals surface area contributed by atoms with Gasteiger partial charge in [-0.3, -0.25) is 9.89 Å². The molecular formula is C13H18N4O. The lowest BCUT2D eigenvalue weighted by Gasteiger charge is -2.07. The first-order valence-corrected chi connectivity index (χ1v) is 6.14. The SMILES string of the molecule is CC(N)CCCC(=O)Nc1cccc2cn[nH]c12. The van der Waals surface area contributed by atoms with Gasteiger partial charge in [0.15, 0.2) is 0 Å². The van der Waals surface area contributed by atoms with Crippen LogP contribution in [0, 0.1) is 0 Å². The molecule has 0 bridgehead atoms. The van der Waals surface area contributed by atoms with Gasteiger partial charge in [0.05, 0.1) is 17.4 Å². The molecule has 5 heteroatoms.